The summed E-state index contributed by atoms with van der Waals surface area (Å²) in [5.41, 5.74) is 1.29. The van der Waals surface area contributed by atoms with Crippen molar-refractivity contribution in [2.75, 3.05) is 25.0 Å². The number of benzene rings is 1. The lowest BCUT2D eigenvalue weighted by Crippen LogP contribution is -2.38. The zero-order chi connectivity index (χ0) is 19.2. The minimum atomic E-state index is -0.300. The molecule has 1 saturated heterocycles. The number of para-hydroxylation sites is 2. The number of pyridine rings is 1. The number of ether oxygens (including phenoxy) is 1. The summed E-state index contributed by atoms with van der Waals surface area (Å²) in [6.45, 7) is 6.07. The summed E-state index contributed by atoms with van der Waals surface area (Å²) in [6, 6.07) is 10.4. The van der Waals surface area contributed by atoms with Crippen LogP contribution in [0.3, 0.4) is 0 Å². The van der Waals surface area contributed by atoms with Crippen molar-refractivity contribution in [1.82, 2.24) is 9.88 Å². The summed E-state index contributed by atoms with van der Waals surface area (Å²) in [5.74, 6) is 0.836. The van der Waals surface area contributed by atoms with Gasteiger partial charge in [-0.3, -0.25) is 14.6 Å². The summed E-state index contributed by atoms with van der Waals surface area (Å²) >= 11 is 0. The van der Waals surface area contributed by atoms with Crippen LogP contribution in [-0.4, -0.2) is 41.4 Å². The number of likely N-dealkylation sites (tertiary alicyclic amines) is 1. The minimum Gasteiger partial charge on any atom is -0.492 e. The van der Waals surface area contributed by atoms with Gasteiger partial charge in [-0.05, 0) is 49.9 Å². The van der Waals surface area contributed by atoms with Gasteiger partial charge in [0.25, 0.3) is 11.8 Å². The summed E-state index contributed by atoms with van der Waals surface area (Å²) in [4.78, 5) is 31.3. The molecule has 27 heavy (non-hydrogen) atoms. The predicted molar refractivity (Wildman–Crippen MR) is 104 cm³/mol. The number of rotatable bonds is 5. The van der Waals surface area contributed by atoms with E-state index in [1.165, 1.54) is 6.20 Å². The zero-order valence-corrected chi connectivity index (χ0v) is 15.8. The average molecular weight is 367 g/mol. The molecule has 0 atom stereocenters. The van der Waals surface area contributed by atoms with E-state index in [1.54, 1.807) is 24.3 Å². The van der Waals surface area contributed by atoms with Crippen molar-refractivity contribution < 1.29 is 14.3 Å². The number of carbonyl (C=O) groups is 2. The van der Waals surface area contributed by atoms with Crippen LogP contribution in [0.1, 0.15) is 47.5 Å². The zero-order valence-electron chi connectivity index (χ0n) is 15.8. The van der Waals surface area contributed by atoms with Crippen molar-refractivity contribution in [3.05, 3.63) is 53.9 Å². The van der Waals surface area contributed by atoms with Gasteiger partial charge in [0.1, 0.15) is 11.4 Å². The van der Waals surface area contributed by atoms with E-state index in [0.717, 1.165) is 25.9 Å². The third kappa shape index (κ3) is 4.64. The smallest absolute Gasteiger partial charge is 0.272 e. The highest BCUT2D eigenvalue weighted by Crippen LogP contribution is 2.24. The normalized spacial score (nSPS) is 14.7. The summed E-state index contributed by atoms with van der Waals surface area (Å²) in [7, 11) is 0. The predicted octanol–water partition coefficient (Wildman–Crippen LogP) is 3.60. The Morgan fingerprint density at radius 1 is 1.22 bits per heavy atom. The lowest BCUT2D eigenvalue weighted by atomic mass is 9.99. The second-order valence-corrected chi connectivity index (χ2v) is 6.79. The fourth-order valence-corrected chi connectivity index (χ4v) is 3.11. The van der Waals surface area contributed by atoms with Crippen molar-refractivity contribution in [3.8, 4) is 5.75 Å². The molecule has 6 nitrogen and oxygen atoms in total. The first-order valence-corrected chi connectivity index (χ1v) is 9.37. The molecule has 0 unspecified atom stereocenters. The van der Waals surface area contributed by atoms with Gasteiger partial charge in [0, 0.05) is 24.8 Å². The van der Waals surface area contributed by atoms with Gasteiger partial charge in [-0.2, -0.15) is 0 Å². The van der Waals surface area contributed by atoms with Crippen molar-refractivity contribution >= 4 is 17.5 Å². The van der Waals surface area contributed by atoms with Gasteiger partial charge in [-0.15, -0.1) is 0 Å². The van der Waals surface area contributed by atoms with E-state index in [0.29, 0.717) is 35.2 Å². The molecular weight excluding hydrogens is 342 g/mol. The first kappa shape index (κ1) is 18.9. The topological polar surface area (TPSA) is 71.5 Å². The number of nitrogens with one attached hydrogen (secondary N) is 1. The first-order valence-electron chi connectivity index (χ1n) is 9.37. The Balaban J connectivity index is 1.73. The van der Waals surface area contributed by atoms with Crippen LogP contribution in [0.2, 0.25) is 0 Å². The Morgan fingerprint density at radius 2 is 1.96 bits per heavy atom. The lowest BCUT2D eigenvalue weighted by Gasteiger charge is -2.30. The summed E-state index contributed by atoms with van der Waals surface area (Å²) < 4.78 is 5.54. The second-order valence-electron chi connectivity index (χ2n) is 6.79. The van der Waals surface area contributed by atoms with Crippen LogP contribution in [0.15, 0.2) is 42.6 Å². The number of nitrogens with zero attached hydrogens (tertiary/aromatic N) is 2. The minimum absolute atomic E-state index is 0.119. The van der Waals surface area contributed by atoms with Gasteiger partial charge in [-0.1, -0.05) is 19.1 Å². The number of piperidine rings is 1. The molecule has 142 valence electrons. The van der Waals surface area contributed by atoms with Crippen LogP contribution in [0.25, 0.3) is 0 Å². The van der Waals surface area contributed by atoms with E-state index in [2.05, 4.69) is 17.2 Å². The third-order valence-corrected chi connectivity index (χ3v) is 4.75. The number of hydrogen-bond donors (Lipinski definition) is 1. The fraction of sp³-hybridized carbons (Fsp3) is 0.381. The van der Waals surface area contributed by atoms with Gasteiger partial charge < -0.3 is 15.0 Å². The molecule has 2 aromatic rings. The van der Waals surface area contributed by atoms with E-state index in [-0.39, 0.29) is 11.8 Å². The number of hydrogen-bond acceptors (Lipinski definition) is 4. The Labute approximate surface area is 159 Å². The van der Waals surface area contributed by atoms with Crippen LogP contribution in [0.5, 0.6) is 5.75 Å². The average Bonchev–Trinajstić information content (AvgIpc) is 2.70. The molecule has 1 aromatic heterocycles. The van der Waals surface area contributed by atoms with Crippen molar-refractivity contribution in [2.24, 2.45) is 5.92 Å². The van der Waals surface area contributed by atoms with Gasteiger partial charge in [0.05, 0.1) is 12.3 Å². The number of amides is 2. The third-order valence-electron chi connectivity index (χ3n) is 4.75. The number of carbonyl (C=O) groups excluding carboxylic acids is 2. The molecular formula is C21H25N3O3. The summed E-state index contributed by atoms with van der Waals surface area (Å²) in [5, 5.41) is 2.85. The van der Waals surface area contributed by atoms with Gasteiger partial charge >= 0.3 is 0 Å². The largest absolute Gasteiger partial charge is 0.492 e. The fourth-order valence-electron chi connectivity index (χ4n) is 3.11. The van der Waals surface area contributed by atoms with Crippen LogP contribution < -0.4 is 10.1 Å². The number of anilines is 1. The summed E-state index contributed by atoms with van der Waals surface area (Å²) in [6.07, 6.45) is 3.50. The van der Waals surface area contributed by atoms with Crippen LogP contribution in [0.4, 0.5) is 5.69 Å². The maximum absolute atomic E-state index is 12.7. The molecule has 2 heterocycles. The highest BCUT2D eigenvalue weighted by atomic mass is 16.5. The Hall–Kier alpha value is -2.89. The first-order chi connectivity index (χ1) is 13.1. The van der Waals surface area contributed by atoms with Gasteiger partial charge in [0.2, 0.25) is 0 Å². The monoisotopic (exact) mass is 367 g/mol. The van der Waals surface area contributed by atoms with Crippen LogP contribution in [0, 0.1) is 5.92 Å². The molecule has 0 aliphatic carbocycles. The maximum Gasteiger partial charge on any atom is 0.272 e. The molecule has 0 radical (unpaired) electrons. The molecule has 0 bridgehead atoms. The molecule has 1 aliphatic rings. The second kappa shape index (κ2) is 8.66. The molecule has 0 spiro atoms. The SMILES string of the molecule is CCOc1ccccc1NC(=O)c1ccnc(C(=O)N2CCC(C)CC2)c1. The van der Waals surface area contributed by atoms with E-state index in [4.69, 9.17) is 4.74 Å². The highest BCUT2D eigenvalue weighted by Gasteiger charge is 2.23. The van der Waals surface area contributed by atoms with E-state index in [1.807, 2.05) is 24.0 Å². The van der Waals surface area contributed by atoms with E-state index < -0.39 is 0 Å². The molecule has 3 rings (SSSR count). The quantitative estimate of drug-likeness (QED) is 0.876. The Morgan fingerprint density at radius 3 is 2.70 bits per heavy atom. The van der Waals surface area contributed by atoms with Gasteiger partial charge in [0.15, 0.2) is 0 Å². The molecule has 1 fully saturated rings. The van der Waals surface area contributed by atoms with Crippen LogP contribution in [-0.2, 0) is 0 Å². The Bertz CT molecular complexity index is 814. The Kier molecular flexibility index (Phi) is 6.06. The molecule has 0 saturated carbocycles. The molecule has 6 heteroatoms. The standard InChI is InChI=1S/C21H25N3O3/c1-3-27-19-7-5-4-6-17(19)23-20(25)16-8-11-22-18(14-16)21(26)24-12-9-15(2)10-13-24/h4-8,11,14-15H,3,9-10,12-13H2,1-2H3,(H,23,25). The lowest BCUT2D eigenvalue weighted by molar-refractivity contribution is 0.0691. The highest BCUT2D eigenvalue weighted by molar-refractivity contribution is 6.06. The molecule has 1 N–H and O–H groups in total. The molecule has 1 aromatic carbocycles. The molecule has 2 amide bonds. The van der Waals surface area contributed by atoms with Crippen molar-refractivity contribution in [3.63, 3.8) is 0 Å². The van der Waals surface area contributed by atoms with E-state index in [9.17, 15) is 9.59 Å². The van der Waals surface area contributed by atoms with Gasteiger partial charge in [-0.25, -0.2) is 0 Å². The van der Waals surface area contributed by atoms with Crippen molar-refractivity contribution in [1.29, 1.82) is 0 Å². The van der Waals surface area contributed by atoms with Crippen molar-refractivity contribution in [2.45, 2.75) is 26.7 Å². The van der Waals surface area contributed by atoms with E-state index >= 15 is 0 Å². The maximum atomic E-state index is 12.7. The van der Waals surface area contributed by atoms with Crippen LogP contribution >= 0.6 is 0 Å². The molecule has 1 aliphatic heterocycles. The number of aromatic nitrogens is 1.